The summed E-state index contributed by atoms with van der Waals surface area (Å²) in [6.07, 6.45) is 6.38. The number of rotatable bonds is 8. The van der Waals surface area contributed by atoms with Crippen molar-refractivity contribution in [1.82, 2.24) is 15.0 Å². The second kappa shape index (κ2) is 8.84. The fourth-order valence-corrected chi connectivity index (χ4v) is 3.60. The van der Waals surface area contributed by atoms with Crippen molar-refractivity contribution in [3.05, 3.63) is 47.0 Å². The van der Waals surface area contributed by atoms with Gasteiger partial charge in [-0.2, -0.15) is 0 Å². The third-order valence-corrected chi connectivity index (χ3v) is 5.54. The summed E-state index contributed by atoms with van der Waals surface area (Å²) in [6, 6.07) is 10.3. The number of alkyl halides is 1. The van der Waals surface area contributed by atoms with Crippen LogP contribution in [0.2, 0.25) is 0 Å². The van der Waals surface area contributed by atoms with Gasteiger partial charge in [-0.25, -0.2) is 0 Å². The van der Waals surface area contributed by atoms with Gasteiger partial charge >= 0.3 is 0 Å². The molecule has 5 heteroatoms. The van der Waals surface area contributed by atoms with Crippen LogP contribution in [0.15, 0.2) is 30.3 Å². The van der Waals surface area contributed by atoms with E-state index in [2.05, 4.69) is 64.8 Å². The van der Waals surface area contributed by atoms with Gasteiger partial charge in [-0.05, 0) is 60.6 Å². The van der Waals surface area contributed by atoms with Gasteiger partial charge in [0.1, 0.15) is 22.5 Å². The summed E-state index contributed by atoms with van der Waals surface area (Å²) in [4.78, 5) is 1.60. The van der Waals surface area contributed by atoms with Crippen molar-refractivity contribution >= 4 is 33.6 Å². The zero-order chi connectivity index (χ0) is 18.5. The number of hydrogen-bond donors (Lipinski definition) is 1. The Hall–Kier alpha value is -1.63. The van der Waals surface area contributed by atoms with Gasteiger partial charge in [0.05, 0.1) is 0 Å². The van der Waals surface area contributed by atoms with Gasteiger partial charge in [0.15, 0.2) is 0 Å². The summed E-state index contributed by atoms with van der Waals surface area (Å²) >= 11 is 2.35. The maximum atomic E-state index is 10.8. The van der Waals surface area contributed by atoms with Crippen LogP contribution >= 0.6 is 22.6 Å². The van der Waals surface area contributed by atoms with Crippen LogP contribution in [0.1, 0.15) is 56.2 Å². The molecule has 1 heterocycles. The molecular weight excluding hydrogens is 437 g/mol. The Kier molecular flexibility index (Phi) is 6.51. The third kappa shape index (κ3) is 4.19. The summed E-state index contributed by atoms with van der Waals surface area (Å²) in [5, 5.41) is 20.1. The van der Waals surface area contributed by atoms with E-state index >= 15 is 0 Å². The normalized spacial score (nSPS) is 11.3. The maximum absolute atomic E-state index is 10.8. The van der Waals surface area contributed by atoms with Crippen molar-refractivity contribution in [2.24, 2.45) is 0 Å². The fraction of sp³-hybridized carbons (Fsp3) is 0.429. The van der Waals surface area contributed by atoms with Crippen molar-refractivity contribution in [3.63, 3.8) is 0 Å². The number of unbranched alkanes of at least 4 members (excludes halogenated alkanes) is 2. The molecule has 1 aromatic heterocycles. The van der Waals surface area contributed by atoms with Crippen molar-refractivity contribution in [3.8, 4) is 11.4 Å². The minimum Gasteiger partial charge on any atom is -0.505 e. The molecule has 3 rings (SSSR count). The van der Waals surface area contributed by atoms with Gasteiger partial charge in [0.25, 0.3) is 0 Å². The molecule has 138 valence electrons. The highest BCUT2D eigenvalue weighted by Gasteiger charge is 2.14. The second-order valence-electron chi connectivity index (χ2n) is 6.78. The summed E-state index contributed by atoms with van der Waals surface area (Å²) in [5.74, 6) is 0.313. The largest absolute Gasteiger partial charge is 0.505 e. The first kappa shape index (κ1) is 19.1. The van der Waals surface area contributed by atoms with Crippen molar-refractivity contribution < 1.29 is 5.11 Å². The number of phenols is 1. The quantitative estimate of drug-likeness (QED) is 0.342. The summed E-state index contributed by atoms with van der Waals surface area (Å²) in [6.45, 7) is 4.37. The van der Waals surface area contributed by atoms with Crippen molar-refractivity contribution in [2.75, 3.05) is 0 Å². The van der Waals surface area contributed by atoms with E-state index in [1.54, 1.807) is 4.80 Å². The van der Waals surface area contributed by atoms with E-state index in [9.17, 15) is 5.11 Å². The number of aromatic nitrogens is 3. The molecule has 1 N–H and O–H groups in total. The number of phenolic OH excluding ortho intramolecular Hbond substituents is 1. The van der Waals surface area contributed by atoms with Crippen LogP contribution in [0.4, 0.5) is 0 Å². The molecule has 0 fully saturated rings. The lowest BCUT2D eigenvalue weighted by Crippen LogP contribution is -2.03. The predicted octanol–water partition coefficient (Wildman–Crippen LogP) is 5.75. The van der Waals surface area contributed by atoms with Crippen LogP contribution in [-0.2, 0) is 17.3 Å². The number of nitrogens with zero attached hydrogens (tertiary/aromatic N) is 3. The first-order chi connectivity index (χ1) is 12.7. The number of aromatic hydroxyl groups is 1. The average Bonchev–Trinajstić information content (AvgIpc) is 3.08. The summed E-state index contributed by atoms with van der Waals surface area (Å²) < 4.78 is 0.944. The number of fused-ring (bicyclic) bond motifs is 1. The van der Waals surface area contributed by atoms with Gasteiger partial charge < -0.3 is 5.11 Å². The molecule has 0 amide bonds. The molecule has 4 nitrogen and oxygen atoms in total. The van der Waals surface area contributed by atoms with Crippen LogP contribution in [0.3, 0.4) is 0 Å². The Morgan fingerprint density at radius 1 is 0.923 bits per heavy atom. The van der Waals surface area contributed by atoms with Gasteiger partial charge in [0, 0.05) is 4.43 Å². The van der Waals surface area contributed by atoms with E-state index in [1.165, 1.54) is 11.1 Å². The minimum absolute atomic E-state index is 0.313. The molecule has 0 saturated heterocycles. The van der Waals surface area contributed by atoms with Crippen LogP contribution in [0.5, 0.6) is 5.75 Å². The first-order valence-corrected chi connectivity index (χ1v) is 11.0. The minimum atomic E-state index is 0.313. The van der Waals surface area contributed by atoms with Crippen LogP contribution in [0.25, 0.3) is 16.7 Å². The molecule has 3 aromatic rings. The SMILES string of the molecule is CCCCc1cc(CCCC)c(O)c(-n2nc3ccc(CI)cc3n2)c1. The molecule has 0 aliphatic carbocycles. The van der Waals surface area contributed by atoms with Gasteiger partial charge in [-0.15, -0.1) is 15.0 Å². The van der Waals surface area contributed by atoms with E-state index < -0.39 is 0 Å². The smallest absolute Gasteiger partial charge is 0.146 e. The third-order valence-electron chi connectivity index (χ3n) is 4.66. The van der Waals surface area contributed by atoms with Crippen molar-refractivity contribution in [2.45, 2.75) is 56.8 Å². The van der Waals surface area contributed by atoms with Gasteiger partial charge in [-0.1, -0.05) is 61.4 Å². The molecule has 0 atom stereocenters. The Bertz CT molecular complexity index is 888. The zero-order valence-electron chi connectivity index (χ0n) is 15.5. The molecule has 0 bridgehead atoms. The molecule has 0 radical (unpaired) electrons. The van der Waals surface area contributed by atoms with Crippen LogP contribution in [-0.4, -0.2) is 20.1 Å². The number of aryl methyl sites for hydroxylation is 2. The lowest BCUT2D eigenvalue weighted by Gasteiger charge is -2.12. The molecule has 0 saturated carbocycles. The highest BCUT2D eigenvalue weighted by atomic mass is 127. The lowest BCUT2D eigenvalue weighted by molar-refractivity contribution is 0.459. The van der Waals surface area contributed by atoms with E-state index in [4.69, 9.17) is 0 Å². The second-order valence-corrected chi connectivity index (χ2v) is 7.54. The number of benzene rings is 2. The Morgan fingerprint density at radius 3 is 2.38 bits per heavy atom. The molecule has 0 unspecified atom stereocenters. The van der Waals surface area contributed by atoms with Gasteiger partial charge in [-0.3, -0.25) is 0 Å². The fourth-order valence-electron chi connectivity index (χ4n) is 3.13. The molecule has 0 aliphatic heterocycles. The van der Waals surface area contributed by atoms with Crippen LogP contribution < -0.4 is 0 Å². The monoisotopic (exact) mass is 463 g/mol. The van der Waals surface area contributed by atoms with Crippen molar-refractivity contribution in [1.29, 1.82) is 0 Å². The Morgan fingerprint density at radius 2 is 1.65 bits per heavy atom. The highest BCUT2D eigenvalue weighted by Crippen LogP contribution is 2.30. The summed E-state index contributed by atoms with van der Waals surface area (Å²) in [5.41, 5.74) is 5.90. The molecule has 26 heavy (non-hydrogen) atoms. The van der Waals surface area contributed by atoms with Gasteiger partial charge in [0.2, 0.25) is 0 Å². The molecule has 0 aliphatic rings. The standard InChI is InChI=1S/C21H26IN3O/c1-3-5-7-15-11-17(8-6-4-2)21(26)20(13-15)25-23-18-10-9-16(14-22)12-19(18)24-25/h9-13,26H,3-8,14H2,1-2H3. The topological polar surface area (TPSA) is 50.9 Å². The first-order valence-electron chi connectivity index (χ1n) is 9.43. The maximum Gasteiger partial charge on any atom is 0.146 e. The predicted molar refractivity (Wildman–Crippen MR) is 115 cm³/mol. The molecule has 0 spiro atoms. The van der Waals surface area contributed by atoms with E-state index in [0.717, 1.165) is 59.5 Å². The number of hydrogen-bond acceptors (Lipinski definition) is 3. The number of halogens is 1. The lowest BCUT2D eigenvalue weighted by atomic mass is 10.00. The average molecular weight is 463 g/mol. The zero-order valence-corrected chi connectivity index (χ0v) is 17.7. The molecular formula is C21H26IN3O. The van der Waals surface area contributed by atoms with E-state index in [-0.39, 0.29) is 0 Å². The Labute approximate surface area is 168 Å². The summed E-state index contributed by atoms with van der Waals surface area (Å²) in [7, 11) is 0. The van der Waals surface area contributed by atoms with Crippen LogP contribution in [0, 0.1) is 0 Å². The molecule has 2 aromatic carbocycles. The van der Waals surface area contributed by atoms with E-state index in [0.29, 0.717) is 11.4 Å². The van der Waals surface area contributed by atoms with E-state index in [1.807, 2.05) is 12.1 Å². The Balaban J connectivity index is 2.06. The highest BCUT2D eigenvalue weighted by molar-refractivity contribution is 14.1.